The van der Waals surface area contributed by atoms with Crippen molar-refractivity contribution >= 4 is 27.0 Å². The van der Waals surface area contributed by atoms with E-state index in [2.05, 4.69) is 166 Å². The van der Waals surface area contributed by atoms with Gasteiger partial charge in [-0.05, 0) is 108 Å². The molecule has 4 atom stereocenters. The van der Waals surface area contributed by atoms with Crippen molar-refractivity contribution in [3.05, 3.63) is 161 Å². The van der Waals surface area contributed by atoms with Gasteiger partial charge >= 0.3 is 0 Å². The van der Waals surface area contributed by atoms with Crippen molar-refractivity contribution in [1.29, 1.82) is 0 Å². The number of methoxy groups -OCH3 is 1. The SMILES string of the molecule is C/C=C(/C)[C@@H](C/C=C(\C)[C@@H](O[Si](c1ccccc1)(c1ccccc1)C(C)(C)C)[C@H](OCc1ccccc1)C(O)C/C=C(/C)COCc1ccc(OC)cc1)O[Si](C)(C)C(C)(C)C. The van der Waals surface area contributed by atoms with E-state index in [1.165, 1.54) is 15.9 Å². The van der Waals surface area contributed by atoms with Gasteiger partial charge in [0, 0.05) is 0 Å². The molecule has 4 rings (SSSR count). The lowest BCUT2D eigenvalue weighted by Crippen LogP contribution is -2.69. The Bertz CT molecular complexity index is 1970. The van der Waals surface area contributed by atoms with Crippen molar-refractivity contribution in [2.45, 2.75) is 143 Å². The van der Waals surface area contributed by atoms with Crippen LogP contribution in [0.15, 0.2) is 150 Å². The fourth-order valence-electron chi connectivity index (χ4n) is 7.49. The third-order valence-corrected chi connectivity index (χ3v) is 22.0. The quantitative estimate of drug-likeness (QED) is 0.0627. The highest BCUT2D eigenvalue weighted by Gasteiger charge is 2.53. The lowest BCUT2D eigenvalue weighted by molar-refractivity contribution is -0.0898. The van der Waals surface area contributed by atoms with Gasteiger partial charge in [-0.15, -0.1) is 0 Å². The van der Waals surface area contributed by atoms with Crippen LogP contribution >= 0.6 is 0 Å². The molecule has 0 aliphatic carbocycles. The minimum atomic E-state index is -3.15. The topological polar surface area (TPSA) is 66.4 Å². The molecule has 0 fully saturated rings. The molecule has 0 radical (unpaired) electrons. The van der Waals surface area contributed by atoms with Crippen LogP contribution in [0.4, 0.5) is 0 Å². The van der Waals surface area contributed by atoms with Crippen molar-refractivity contribution in [2.24, 2.45) is 0 Å². The maximum absolute atomic E-state index is 12.6. The van der Waals surface area contributed by atoms with E-state index in [1.807, 2.05) is 49.4 Å². The molecule has 0 aromatic heterocycles. The molecule has 0 saturated carbocycles. The molecule has 0 amide bonds. The first kappa shape index (κ1) is 50.8. The Morgan fingerprint density at radius 3 is 1.68 bits per heavy atom. The highest BCUT2D eigenvalue weighted by molar-refractivity contribution is 6.99. The third kappa shape index (κ3) is 13.8. The molecule has 1 unspecified atom stereocenters. The van der Waals surface area contributed by atoms with Gasteiger partial charge in [-0.25, -0.2) is 0 Å². The largest absolute Gasteiger partial charge is 0.497 e. The number of hydrogen-bond donors (Lipinski definition) is 1. The van der Waals surface area contributed by atoms with E-state index < -0.39 is 34.9 Å². The maximum Gasteiger partial charge on any atom is 0.262 e. The van der Waals surface area contributed by atoms with Gasteiger partial charge in [-0.3, -0.25) is 0 Å². The van der Waals surface area contributed by atoms with E-state index in [4.69, 9.17) is 23.1 Å². The number of aliphatic hydroxyl groups is 1. The van der Waals surface area contributed by atoms with E-state index >= 15 is 0 Å². The summed E-state index contributed by atoms with van der Waals surface area (Å²) in [5, 5.41) is 14.6. The lowest BCUT2D eigenvalue weighted by atomic mass is 9.96. The van der Waals surface area contributed by atoms with Crippen LogP contribution < -0.4 is 15.1 Å². The van der Waals surface area contributed by atoms with Crippen LogP contribution in [-0.4, -0.2) is 59.9 Å². The van der Waals surface area contributed by atoms with Crippen LogP contribution in [0.1, 0.15) is 93.2 Å². The highest BCUT2D eigenvalue weighted by atomic mass is 28.4. The Hall–Kier alpha value is -3.87. The zero-order valence-electron chi connectivity index (χ0n) is 40.0. The van der Waals surface area contributed by atoms with Gasteiger partial charge < -0.3 is 28.2 Å². The maximum atomic E-state index is 12.6. The molecule has 0 bridgehead atoms. The monoisotopic (exact) mass is 877 g/mol. The summed E-state index contributed by atoms with van der Waals surface area (Å²) in [6.07, 6.45) is 5.23. The molecule has 0 heterocycles. The predicted molar refractivity (Wildman–Crippen MR) is 264 cm³/mol. The summed E-state index contributed by atoms with van der Waals surface area (Å²) in [4.78, 5) is 0. The molecule has 4 aromatic carbocycles. The normalized spacial score (nSPS) is 15.5. The van der Waals surface area contributed by atoms with E-state index in [-0.39, 0.29) is 16.2 Å². The van der Waals surface area contributed by atoms with Gasteiger partial charge in [0.2, 0.25) is 0 Å². The number of benzene rings is 4. The average Bonchev–Trinajstić information content (AvgIpc) is 3.25. The zero-order chi connectivity index (χ0) is 45.6. The third-order valence-electron chi connectivity index (χ3n) is 12.5. The van der Waals surface area contributed by atoms with E-state index in [1.54, 1.807) is 7.11 Å². The van der Waals surface area contributed by atoms with Crippen LogP contribution in [0, 0.1) is 0 Å². The summed E-state index contributed by atoms with van der Waals surface area (Å²) < 4.78 is 33.5. The lowest BCUT2D eigenvalue weighted by Gasteiger charge is -2.47. The highest BCUT2D eigenvalue weighted by Crippen LogP contribution is 2.41. The summed E-state index contributed by atoms with van der Waals surface area (Å²) in [7, 11) is -3.61. The van der Waals surface area contributed by atoms with Crippen LogP contribution in [-0.2, 0) is 31.5 Å². The van der Waals surface area contributed by atoms with Crippen molar-refractivity contribution in [2.75, 3.05) is 13.7 Å². The molecule has 6 nitrogen and oxygen atoms in total. The van der Waals surface area contributed by atoms with Crippen LogP contribution in [0.3, 0.4) is 0 Å². The second-order valence-corrected chi connectivity index (χ2v) is 28.2. The Balaban J connectivity index is 1.83. The van der Waals surface area contributed by atoms with Gasteiger partial charge in [-0.1, -0.05) is 168 Å². The molecule has 62 heavy (non-hydrogen) atoms. The summed E-state index contributed by atoms with van der Waals surface area (Å²) in [6, 6.07) is 39.5. The minimum Gasteiger partial charge on any atom is -0.497 e. The Kier molecular flexibility index (Phi) is 19.0. The second kappa shape index (κ2) is 23.2. The number of ether oxygens (including phenoxy) is 3. The van der Waals surface area contributed by atoms with Crippen molar-refractivity contribution in [3.63, 3.8) is 0 Å². The number of allylic oxidation sites excluding steroid dienone is 1. The molecule has 0 aliphatic rings. The molecule has 0 aliphatic heterocycles. The molecule has 0 spiro atoms. The molecular weight excluding hydrogens is 801 g/mol. The molecular formula is C54H76O6Si2. The van der Waals surface area contributed by atoms with Gasteiger partial charge in [0.15, 0.2) is 8.32 Å². The average molecular weight is 877 g/mol. The van der Waals surface area contributed by atoms with Crippen molar-refractivity contribution in [3.8, 4) is 5.75 Å². The Labute approximate surface area is 377 Å². The van der Waals surface area contributed by atoms with Gasteiger partial charge in [-0.2, -0.15) is 0 Å². The number of aliphatic hydroxyl groups excluding tert-OH is 1. The molecule has 0 saturated heterocycles. The summed E-state index contributed by atoms with van der Waals surface area (Å²) in [5.74, 6) is 0.817. The minimum absolute atomic E-state index is 0.0554. The van der Waals surface area contributed by atoms with E-state index in [0.717, 1.165) is 28.0 Å². The van der Waals surface area contributed by atoms with E-state index in [9.17, 15) is 5.11 Å². The predicted octanol–water partition coefficient (Wildman–Crippen LogP) is 12.1. The Morgan fingerprint density at radius 1 is 0.645 bits per heavy atom. The molecule has 8 heteroatoms. The fraction of sp³-hybridized carbons (Fsp3) is 0.444. The van der Waals surface area contributed by atoms with Gasteiger partial charge in [0.1, 0.15) is 11.9 Å². The zero-order valence-corrected chi connectivity index (χ0v) is 42.0. The fourth-order valence-corrected chi connectivity index (χ4v) is 13.6. The number of hydrogen-bond acceptors (Lipinski definition) is 6. The second-order valence-electron chi connectivity index (χ2n) is 19.2. The molecule has 336 valence electrons. The first-order valence-electron chi connectivity index (χ1n) is 22.3. The van der Waals surface area contributed by atoms with Crippen LogP contribution in [0.2, 0.25) is 23.2 Å². The van der Waals surface area contributed by atoms with Crippen molar-refractivity contribution in [1.82, 2.24) is 0 Å². The van der Waals surface area contributed by atoms with Gasteiger partial charge in [0.05, 0.1) is 45.2 Å². The summed E-state index contributed by atoms with van der Waals surface area (Å²) in [6.45, 7) is 28.1. The first-order valence-corrected chi connectivity index (χ1v) is 27.1. The van der Waals surface area contributed by atoms with E-state index in [0.29, 0.717) is 32.7 Å². The summed E-state index contributed by atoms with van der Waals surface area (Å²) >= 11 is 0. The van der Waals surface area contributed by atoms with Crippen molar-refractivity contribution < 1.29 is 28.2 Å². The smallest absolute Gasteiger partial charge is 0.262 e. The van der Waals surface area contributed by atoms with Crippen LogP contribution in [0.25, 0.3) is 0 Å². The van der Waals surface area contributed by atoms with Gasteiger partial charge in [0.25, 0.3) is 8.32 Å². The Morgan fingerprint density at radius 2 is 1.18 bits per heavy atom. The van der Waals surface area contributed by atoms with Crippen LogP contribution in [0.5, 0.6) is 5.75 Å². The molecule has 4 aromatic rings. The first-order chi connectivity index (χ1) is 29.3. The number of rotatable bonds is 22. The molecule has 1 N–H and O–H groups in total. The summed E-state index contributed by atoms with van der Waals surface area (Å²) in [5.41, 5.74) is 5.34. The standard InChI is InChI=1S/C54H76O6Si2/c1-14-42(3)50(59-61(12,13)53(5,6)7)37-31-43(4)51(60-62(54(8,9)10,47-26-20-16-21-27-47)48-28-22-17-23-29-48)52(58-40-44-24-18-15-19-25-44)49(55)36-30-41(2)38-57-39-45-32-34-46(56-11)35-33-45/h14-35,49-52,55H,36-40H2,1-13H3/b41-30-,42-14-,43-31+/t49?,50-,51-,52-/m1/s1.